The van der Waals surface area contributed by atoms with Gasteiger partial charge in [0.1, 0.15) is 28.9 Å². The van der Waals surface area contributed by atoms with E-state index in [4.69, 9.17) is 10.5 Å². The van der Waals surface area contributed by atoms with E-state index in [-0.39, 0.29) is 22.5 Å². The third kappa shape index (κ3) is 2.16. The molecule has 0 atom stereocenters. The Labute approximate surface area is 105 Å². The number of allylic oxidation sites excluding steroid dienone is 1. The van der Waals surface area contributed by atoms with Crippen LogP contribution in [0.4, 0.5) is 11.4 Å². The van der Waals surface area contributed by atoms with Gasteiger partial charge in [0.2, 0.25) is 0 Å². The van der Waals surface area contributed by atoms with E-state index in [0.29, 0.717) is 5.52 Å². The molecule has 1 aromatic heterocycles. The average Bonchev–Trinajstić information content (AvgIpc) is 2.87. The molecule has 1 heterocycles. The number of anilines is 1. The van der Waals surface area contributed by atoms with Crippen LogP contribution in [0.15, 0.2) is 28.5 Å². The second-order valence-electron chi connectivity index (χ2n) is 3.27. The van der Waals surface area contributed by atoms with Gasteiger partial charge in [0.15, 0.2) is 5.52 Å². The minimum atomic E-state index is -0.622. The first kappa shape index (κ1) is 12.0. The highest BCUT2D eigenvalue weighted by molar-refractivity contribution is 5.93. The van der Waals surface area contributed by atoms with Gasteiger partial charge in [-0.15, -0.1) is 0 Å². The minimum Gasteiger partial charge on any atom is -0.352 e. The van der Waals surface area contributed by atoms with Crippen LogP contribution in [0, 0.1) is 32.8 Å². The highest BCUT2D eigenvalue weighted by atomic mass is 16.6. The molecule has 0 bridgehead atoms. The molecule has 0 spiro atoms. The number of benzene rings is 1. The van der Waals surface area contributed by atoms with Gasteiger partial charge in [-0.25, -0.2) is 4.63 Å². The third-order valence-electron chi connectivity index (χ3n) is 2.20. The van der Waals surface area contributed by atoms with Crippen molar-refractivity contribution < 1.29 is 9.55 Å². The normalized spacial score (nSPS) is 9.37. The SMILES string of the molecule is N#CC(C#N)=CNc1c([N+](=O)[O-])ccc2nonc12. The Bertz CT molecular complexity index is 748. The van der Waals surface area contributed by atoms with E-state index in [0.717, 1.165) is 6.20 Å². The molecule has 0 aliphatic rings. The number of hydrogen-bond donors (Lipinski definition) is 1. The molecule has 0 radical (unpaired) electrons. The summed E-state index contributed by atoms with van der Waals surface area (Å²) in [6, 6.07) is 5.85. The molecular formula is C10H4N6O3. The van der Waals surface area contributed by atoms with Crippen molar-refractivity contribution in [3.05, 3.63) is 34.0 Å². The Morgan fingerprint density at radius 2 is 2.16 bits per heavy atom. The highest BCUT2D eigenvalue weighted by Crippen LogP contribution is 2.31. The zero-order valence-electron chi connectivity index (χ0n) is 9.19. The molecule has 92 valence electrons. The fraction of sp³-hybridized carbons (Fsp3) is 0. The van der Waals surface area contributed by atoms with Gasteiger partial charge < -0.3 is 5.32 Å². The van der Waals surface area contributed by atoms with Crippen LogP contribution in [-0.2, 0) is 0 Å². The summed E-state index contributed by atoms with van der Waals surface area (Å²) in [5, 5.41) is 37.7. The molecule has 0 aliphatic heterocycles. The molecule has 0 amide bonds. The van der Waals surface area contributed by atoms with Gasteiger partial charge in [0, 0.05) is 12.3 Å². The lowest BCUT2D eigenvalue weighted by Gasteiger charge is -2.01. The van der Waals surface area contributed by atoms with Gasteiger partial charge in [-0.05, 0) is 16.4 Å². The van der Waals surface area contributed by atoms with E-state index >= 15 is 0 Å². The van der Waals surface area contributed by atoms with Crippen molar-refractivity contribution in [2.24, 2.45) is 0 Å². The summed E-state index contributed by atoms with van der Waals surface area (Å²) in [5.41, 5.74) is -0.0400. The van der Waals surface area contributed by atoms with Crippen molar-refractivity contribution >= 4 is 22.4 Å². The predicted molar refractivity (Wildman–Crippen MR) is 61.4 cm³/mol. The van der Waals surface area contributed by atoms with Gasteiger partial charge in [-0.3, -0.25) is 10.1 Å². The zero-order valence-corrected chi connectivity index (χ0v) is 9.19. The molecule has 19 heavy (non-hydrogen) atoms. The molecule has 1 N–H and O–H groups in total. The fourth-order valence-corrected chi connectivity index (χ4v) is 1.37. The van der Waals surface area contributed by atoms with Crippen LogP contribution in [0.5, 0.6) is 0 Å². The quantitative estimate of drug-likeness (QED) is 0.494. The van der Waals surface area contributed by atoms with Crippen LogP contribution >= 0.6 is 0 Å². The smallest absolute Gasteiger partial charge is 0.295 e. The minimum absolute atomic E-state index is 0.00625. The van der Waals surface area contributed by atoms with E-state index in [1.54, 1.807) is 12.1 Å². The maximum atomic E-state index is 10.9. The van der Waals surface area contributed by atoms with Crippen molar-refractivity contribution in [1.82, 2.24) is 10.3 Å². The summed E-state index contributed by atoms with van der Waals surface area (Å²) in [6.45, 7) is 0. The largest absolute Gasteiger partial charge is 0.352 e. The van der Waals surface area contributed by atoms with Crippen LogP contribution in [-0.4, -0.2) is 15.2 Å². The van der Waals surface area contributed by atoms with Crippen LogP contribution in [0.25, 0.3) is 11.0 Å². The van der Waals surface area contributed by atoms with Crippen molar-refractivity contribution in [1.29, 1.82) is 10.5 Å². The molecule has 0 aliphatic carbocycles. The van der Waals surface area contributed by atoms with Crippen molar-refractivity contribution in [2.45, 2.75) is 0 Å². The zero-order chi connectivity index (χ0) is 13.8. The molecular weight excluding hydrogens is 252 g/mol. The lowest BCUT2D eigenvalue weighted by atomic mass is 10.2. The topological polar surface area (TPSA) is 142 Å². The van der Waals surface area contributed by atoms with Crippen molar-refractivity contribution in [3.8, 4) is 12.1 Å². The second-order valence-corrected chi connectivity index (χ2v) is 3.27. The Balaban J connectivity index is 2.57. The lowest BCUT2D eigenvalue weighted by molar-refractivity contribution is -0.383. The van der Waals surface area contributed by atoms with E-state index in [1.807, 2.05) is 0 Å². The number of hydrogen-bond acceptors (Lipinski definition) is 8. The predicted octanol–water partition coefficient (Wildman–Crippen LogP) is 1.47. The molecule has 0 fully saturated rings. The Morgan fingerprint density at radius 1 is 1.42 bits per heavy atom. The van der Waals surface area contributed by atoms with Crippen molar-refractivity contribution in [2.75, 3.05) is 5.32 Å². The van der Waals surface area contributed by atoms with Gasteiger partial charge in [-0.1, -0.05) is 0 Å². The number of nitriles is 2. The third-order valence-corrected chi connectivity index (χ3v) is 2.20. The molecule has 0 unspecified atom stereocenters. The number of nitrogens with zero attached hydrogens (tertiary/aromatic N) is 5. The van der Waals surface area contributed by atoms with Gasteiger partial charge in [0.25, 0.3) is 5.69 Å². The summed E-state index contributed by atoms with van der Waals surface area (Å²) in [7, 11) is 0. The van der Waals surface area contributed by atoms with Crippen LogP contribution in [0.1, 0.15) is 0 Å². The summed E-state index contributed by atoms with van der Waals surface area (Å²) >= 11 is 0. The monoisotopic (exact) mass is 256 g/mol. The standard InChI is InChI=1S/C10H4N6O3/c11-3-6(4-12)5-13-10-8(16(17)18)2-1-7-9(10)15-19-14-7/h1-2,5,13H. The molecule has 2 aromatic rings. The molecule has 1 aromatic carbocycles. The number of nitro benzene ring substituents is 1. The number of rotatable bonds is 3. The van der Waals surface area contributed by atoms with E-state index in [1.165, 1.54) is 12.1 Å². The molecule has 0 saturated heterocycles. The summed E-state index contributed by atoms with van der Waals surface area (Å²) in [6.07, 6.45) is 1.05. The van der Waals surface area contributed by atoms with E-state index < -0.39 is 4.92 Å². The van der Waals surface area contributed by atoms with Crippen molar-refractivity contribution in [3.63, 3.8) is 0 Å². The summed E-state index contributed by atoms with van der Waals surface area (Å²) in [5.74, 6) is 0. The maximum absolute atomic E-state index is 10.9. The first-order valence-electron chi connectivity index (χ1n) is 4.84. The number of aromatic nitrogens is 2. The van der Waals surface area contributed by atoms with Gasteiger partial charge >= 0.3 is 0 Å². The Kier molecular flexibility index (Phi) is 3.04. The lowest BCUT2D eigenvalue weighted by Crippen LogP contribution is -1.98. The number of fused-ring (bicyclic) bond motifs is 1. The fourth-order valence-electron chi connectivity index (χ4n) is 1.37. The second kappa shape index (κ2) is 4.81. The number of nitro groups is 1. The van der Waals surface area contributed by atoms with E-state index in [9.17, 15) is 10.1 Å². The average molecular weight is 256 g/mol. The number of nitrogens with one attached hydrogen (secondary N) is 1. The molecule has 9 nitrogen and oxygen atoms in total. The molecule has 0 saturated carbocycles. The first-order valence-corrected chi connectivity index (χ1v) is 4.84. The van der Waals surface area contributed by atoms with Crippen LogP contribution in [0.3, 0.4) is 0 Å². The van der Waals surface area contributed by atoms with E-state index in [2.05, 4.69) is 20.3 Å². The Morgan fingerprint density at radius 3 is 2.79 bits per heavy atom. The van der Waals surface area contributed by atoms with Gasteiger partial charge in [-0.2, -0.15) is 10.5 Å². The van der Waals surface area contributed by atoms with Crippen LogP contribution < -0.4 is 5.32 Å². The van der Waals surface area contributed by atoms with Crippen LogP contribution in [0.2, 0.25) is 0 Å². The summed E-state index contributed by atoms with van der Waals surface area (Å²) in [4.78, 5) is 10.3. The first-order chi connectivity index (χ1) is 9.17. The van der Waals surface area contributed by atoms with Gasteiger partial charge in [0.05, 0.1) is 4.92 Å². The molecule has 2 rings (SSSR count). The summed E-state index contributed by atoms with van der Waals surface area (Å²) < 4.78 is 4.49. The highest BCUT2D eigenvalue weighted by Gasteiger charge is 2.19. The Hall–Kier alpha value is -3.46. The molecule has 9 heteroatoms. The maximum Gasteiger partial charge on any atom is 0.295 e.